The molecule has 0 heterocycles. The molecule has 0 spiro atoms. The molecule has 0 atom stereocenters. The van der Waals surface area contributed by atoms with Crippen molar-refractivity contribution in [3.63, 3.8) is 0 Å². The number of aryl methyl sites for hydroxylation is 2. The molecule has 3 N–H and O–H groups in total. The highest BCUT2D eigenvalue weighted by Crippen LogP contribution is 2.16. The Kier molecular flexibility index (Phi) is 5.19. The summed E-state index contributed by atoms with van der Waals surface area (Å²) in [5.74, 6) is -0.457. The van der Waals surface area contributed by atoms with Gasteiger partial charge in [0.2, 0.25) is 0 Å². The first-order chi connectivity index (χ1) is 11.0. The number of hydrogen-bond donors (Lipinski definition) is 3. The van der Waals surface area contributed by atoms with Crippen LogP contribution in [0.5, 0.6) is 11.5 Å². The fourth-order valence-corrected chi connectivity index (χ4v) is 1.83. The molecule has 23 heavy (non-hydrogen) atoms. The number of aromatic hydroxyl groups is 1. The summed E-state index contributed by atoms with van der Waals surface area (Å²) in [7, 11) is 0. The summed E-state index contributed by atoms with van der Waals surface area (Å²) in [6, 6.07) is 11.3. The number of carbonyl (C=O) groups is 2. The maximum atomic E-state index is 11.8. The van der Waals surface area contributed by atoms with E-state index < -0.39 is 11.8 Å². The zero-order chi connectivity index (χ0) is 16.8. The van der Waals surface area contributed by atoms with Gasteiger partial charge in [-0.05, 0) is 55.3 Å². The van der Waals surface area contributed by atoms with E-state index in [1.54, 1.807) is 6.07 Å². The number of phenolic OH excluding ortho intramolecular Hbond substituents is 1. The first kappa shape index (κ1) is 16.4. The van der Waals surface area contributed by atoms with Gasteiger partial charge in [0.05, 0.1) is 0 Å². The first-order valence-electron chi connectivity index (χ1n) is 7.04. The fourth-order valence-electron chi connectivity index (χ4n) is 1.83. The van der Waals surface area contributed by atoms with Crippen molar-refractivity contribution in [3.05, 3.63) is 59.2 Å². The number of carbonyl (C=O) groups excluding carboxylic acids is 2. The van der Waals surface area contributed by atoms with Gasteiger partial charge in [-0.2, -0.15) is 0 Å². The maximum Gasteiger partial charge on any atom is 0.276 e. The van der Waals surface area contributed by atoms with Crippen LogP contribution in [0, 0.1) is 13.8 Å². The molecule has 0 unspecified atom stereocenters. The van der Waals surface area contributed by atoms with Gasteiger partial charge in [0.25, 0.3) is 11.8 Å². The van der Waals surface area contributed by atoms with E-state index >= 15 is 0 Å². The second kappa shape index (κ2) is 7.31. The molecule has 6 heteroatoms. The Balaban J connectivity index is 1.81. The number of hydrazine groups is 1. The van der Waals surface area contributed by atoms with E-state index in [0.717, 1.165) is 11.1 Å². The minimum atomic E-state index is -0.527. The minimum Gasteiger partial charge on any atom is -0.508 e. The molecule has 2 amide bonds. The van der Waals surface area contributed by atoms with Crippen molar-refractivity contribution in [1.29, 1.82) is 0 Å². The standard InChI is InChI=1S/C17H18N2O4/c1-11-6-7-15(8-12(11)2)23-10-16(21)18-19-17(22)13-4-3-5-14(20)9-13/h3-9,20H,10H2,1-2H3,(H,18,21)(H,19,22). The van der Waals surface area contributed by atoms with Gasteiger partial charge in [-0.15, -0.1) is 0 Å². The molecule has 0 fully saturated rings. The van der Waals surface area contributed by atoms with E-state index in [0.29, 0.717) is 5.75 Å². The average molecular weight is 314 g/mol. The smallest absolute Gasteiger partial charge is 0.276 e. The van der Waals surface area contributed by atoms with E-state index in [1.165, 1.54) is 24.3 Å². The largest absolute Gasteiger partial charge is 0.508 e. The molecule has 2 aromatic carbocycles. The van der Waals surface area contributed by atoms with Gasteiger partial charge in [0.15, 0.2) is 6.61 Å². The summed E-state index contributed by atoms with van der Waals surface area (Å²) in [4.78, 5) is 23.5. The van der Waals surface area contributed by atoms with Gasteiger partial charge in [-0.1, -0.05) is 12.1 Å². The Labute approximate surface area is 134 Å². The molecule has 0 aliphatic rings. The highest BCUT2D eigenvalue weighted by Gasteiger charge is 2.08. The second-order valence-electron chi connectivity index (χ2n) is 5.09. The van der Waals surface area contributed by atoms with Crippen LogP contribution < -0.4 is 15.6 Å². The van der Waals surface area contributed by atoms with Crippen LogP contribution in [0.2, 0.25) is 0 Å². The van der Waals surface area contributed by atoms with Crippen LogP contribution in [0.4, 0.5) is 0 Å². The number of nitrogens with one attached hydrogen (secondary N) is 2. The van der Waals surface area contributed by atoms with Crippen LogP contribution in [0.1, 0.15) is 21.5 Å². The third-order valence-electron chi connectivity index (χ3n) is 3.27. The van der Waals surface area contributed by atoms with Crippen LogP contribution in [0.3, 0.4) is 0 Å². The SMILES string of the molecule is Cc1ccc(OCC(=O)NNC(=O)c2cccc(O)c2)cc1C. The average Bonchev–Trinajstić information content (AvgIpc) is 2.53. The normalized spacial score (nSPS) is 10.0. The molecule has 0 aliphatic heterocycles. The third kappa shape index (κ3) is 4.74. The lowest BCUT2D eigenvalue weighted by atomic mass is 10.1. The van der Waals surface area contributed by atoms with Gasteiger partial charge >= 0.3 is 0 Å². The van der Waals surface area contributed by atoms with E-state index in [4.69, 9.17) is 4.74 Å². The molecule has 0 saturated heterocycles. The van der Waals surface area contributed by atoms with Crippen molar-refractivity contribution < 1.29 is 19.4 Å². The maximum absolute atomic E-state index is 11.8. The van der Waals surface area contributed by atoms with Gasteiger partial charge in [-0.25, -0.2) is 0 Å². The van der Waals surface area contributed by atoms with Crippen LogP contribution in [0.25, 0.3) is 0 Å². The molecule has 0 aromatic heterocycles. The molecule has 2 aromatic rings. The second-order valence-corrected chi connectivity index (χ2v) is 5.09. The van der Waals surface area contributed by atoms with Gasteiger partial charge < -0.3 is 9.84 Å². The van der Waals surface area contributed by atoms with E-state index in [9.17, 15) is 14.7 Å². The summed E-state index contributed by atoms with van der Waals surface area (Å²) in [6.45, 7) is 3.73. The van der Waals surface area contributed by atoms with Gasteiger partial charge in [0.1, 0.15) is 11.5 Å². The zero-order valence-corrected chi connectivity index (χ0v) is 12.9. The molecule has 0 bridgehead atoms. The number of phenols is 1. The van der Waals surface area contributed by atoms with Gasteiger partial charge in [-0.3, -0.25) is 20.4 Å². The third-order valence-corrected chi connectivity index (χ3v) is 3.27. The molecule has 2 rings (SSSR count). The van der Waals surface area contributed by atoms with Crippen LogP contribution in [-0.4, -0.2) is 23.5 Å². The van der Waals surface area contributed by atoms with E-state index in [1.807, 2.05) is 26.0 Å². The summed E-state index contributed by atoms with van der Waals surface area (Å²) in [5.41, 5.74) is 6.95. The predicted molar refractivity (Wildman–Crippen MR) is 85.1 cm³/mol. The Hall–Kier alpha value is -3.02. The molecular weight excluding hydrogens is 296 g/mol. The van der Waals surface area contributed by atoms with Crippen molar-refractivity contribution in [2.45, 2.75) is 13.8 Å². The number of benzene rings is 2. The quantitative estimate of drug-likeness (QED) is 0.752. The molecule has 0 aliphatic carbocycles. The molecule has 0 radical (unpaired) electrons. The van der Waals surface area contributed by atoms with Crippen molar-refractivity contribution in [1.82, 2.24) is 10.9 Å². The van der Waals surface area contributed by atoms with Crippen molar-refractivity contribution in [2.24, 2.45) is 0 Å². The summed E-state index contributed by atoms with van der Waals surface area (Å²) < 4.78 is 5.36. The van der Waals surface area contributed by atoms with E-state index in [2.05, 4.69) is 10.9 Å². The molecule has 0 saturated carbocycles. The van der Waals surface area contributed by atoms with Crippen LogP contribution in [0.15, 0.2) is 42.5 Å². The van der Waals surface area contributed by atoms with Crippen LogP contribution in [-0.2, 0) is 4.79 Å². The highest BCUT2D eigenvalue weighted by atomic mass is 16.5. The summed E-state index contributed by atoms with van der Waals surface area (Å²) in [6.07, 6.45) is 0. The Morgan fingerprint density at radius 1 is 1.04 bits per heavy atom. The number of hydrogen-bond acceptors (Lipinski definition) is 4. The number of amides is 2. The number of ether oxygens (including phenoxy) is 1. The Morgan fingerprint density at radius 2 is 1.83 bits per heavy atom. The summed E-state index contributed by atoms with van der Waals surface area (Å²) in [5, 5.41) is 9.30. The monoisotopic (exact) mass is 314 g/mol. The highest BCUT2D eigenvalue weighted by molar-refractivity contribution is 5.95. The minimum absolute atomic E-state index is 0.0259. The lowest BCUT2D eigenvalue weighted by Crippen LogP contribution is -2.43. The van der Waals surface area contributed by atoms with E-state index in [-0.39, 0.29) is 17.9 Å². The van der Waals surface area contributed by atoms with Crippen LogP contribution >= 0.6 is 0 Å². The predicted octanol–water partition coefficient (Wildman–Crippen LogP) is 1.85. The fraction of sp³-hybridized carbons (Fsp3) is 0.176. The molecule has 6 nitrogen and oxygen atoms in total. The lowest BCUT2D eigenvalue weighted by Gasteiger charge is -2.10. The topological polar surface area (TPSA) is 87.7 Å². The van der Waals surface area contributed by atoms with Gasteiger partial charge in [0, 0.05) is 5.56 Å². The first-order valence-corrected chi connectivity index (χ1v) is 7.04. The lowest BCUT2D eigenvalue weighted by molar-refractivity contribution is -0.123. The Bertz CT molecular complexity index is 728. The zero-order valence-electron chi connectivity index (χ0n) is 12.9. The van der Waals surface area contributed by atoms with Crippen molar-refractivity contribution >= 4 is 11.8 Å². The number of rotatable bonds is 4. The summed E-state index contributed by atoms with van der Waals surface area (Å²) >= 11 is 0. The van der Waals surface area contributed by atoms with Crippen molar-refractivity contribution in [3.8, 4) is 11.5 Å². The molecule has 120 valence electrons. The van der Waals surface area contributed by atoms with Crippen molar-refractivity contribution in [2.75, 3.05) is 6.61 Å². The molecular formula is C17H18N2O4. The Morgan fingerprint density at radius 3 is 2.52 bits per heavy atom.